The summed E-state index contributed by atoms with van der Waals surface area (Å²) in [5.41, 5.74) is 15.1. The first-order chi connectivity index (χ1) is 32.7. The summed E-state index contributed by atoms with van der Waals surface area (Å²) in [7, 11) is 0. The maximum absolute atomic E-state index is 6.89. The Morgan fingerprint density at radius 3 is 1.73 bits per heavy atom. The van der Waals surface area contributed by atoms with Crippen molar-refractivity contribution in [2.75, 3.05) is 9.80 Å². The molecule has 0 unspecified atom stereocenters. The minimum absolute atomic E-state index is 0.829. The number of hydrogen-bond donors (Lipinski definition) is 0. The Kier molecular flexibility index (Phi) is 8.81. The van der Waals surface area contributed by atoms with Crippen LogP contribution in [0.25, 0.3) is 76.9 Å². The predicted molar refractivity (Wildman–Crippen MR) is 274 cm³/mol. The van der Waals surface area contributed by atoms with E-state index in [1.807, 2.05) is 12.1 Å². The van der Waals surface area contributed by atoms with Crippen molar-refractivity contribution in [1.29, 1.82) is 0 Å². The molecule has 4 nitrogen and oxygen atoms in total. The number of para-hydroxylation sites is 4. The fourth-order valence-electron chi connectivity index (χ4n) is 9.94. The Bertz CT molecular complexity index is 3790. The Labute approximate surface area is 382 Å². The summed E-state index contributed by atoms with van der Waals surface area (Å²) in [5.74, 6) is 1.69. The summed E-state index contributed by atoms with van der Waals surface area (Å²) in [6, 6.07) is 86.3. The molecule has 12 aromatic rings. The maximum Gasteiger partial charge on any atom is 0.137 e. The summed E-state index contributed by atoms with van der Waals surface area (Å²) in [4.78, 5) is 4.64. The van der Waals surface area contributed by atoms with Gasteiger partial charge in [0.25, 0.3) is 0 Å². The molecule has 1 aliphatic rings. The van der Waals surface area contributed by atoms with Crippen LogP contribution in [0.5, 0.6) is 11.5 Å². The molecule has 0 N–H and O–H groups in total. The van der Waals surface area contributed by atoms with E-state index in [-0.39, 0.29) is 0 Å². The number of rotatable bonds is 8. The van der Waals surface area contributed by atoms with Crippen molar-refractivity contribution in [2.45, 2.75) is 0 Å². The van der Waals surface area contributed by atoms with Gasteiger partial charge in [0.05, 0.1) is 5.69 Å². The van der Waals surface area contributed by atoms with E-state index in [4.69, 9.17) is 9.15 Å². The molecule has 1 aromatic heterocycles. The molecule has 0 bridgehead atoms. The van der Waals surface area contributed by atoms with Gasteiger partial charge < -0.3 is 19.0 Å². The van der Waals surface area contributed by atoms with Crippen LogP contribution in [-0.4, -0.2) is 0 Å². The Hall–Kier alpha value is -8.86. The quantitative estimate of drug-likeness (QED) is 0.143. The molecule has 2 heterocycles. The average molecular weight is 845 g/mol. The summed E-state index contributed by atoms with van der Waals surface area (Å²) in [6.45, 7) is 0. The third-order valence-corrected chi connectivity index (χ3v) is 13.0. The summed E-state index contributed by atoms with van der Waals surface area (Å²) in [6.07, 6.45) is 0. The number of anilines is 6. The van der Waals surface area contributed by atoms with Gasteiger partial charge in [-0.3, -0.25) is 0 Å². The summed E-state index contributed by atoms with van der Waals surface area (Å²) in [5, 5.41) is 6.87. The fraction of sp³-hybridized carbons (Fsp3) is 0. The number of ether oxygens (including phenoxy) is 1. The molecule has 310 valence electrons. The van der Waals surface area contributed by atoms with E-state index in [0.29, 0.717) is 0 Å². The van der Waals surface area contributed by atoms with Crippen LogP contribution in [0.15, 0.2) is 247 Å². The van der Waals surface area contributed by atoms with Crippen LogP contribution in [-0.2, 0) is 0 Å². The van der Waals surface area contributed by atoms with Crippen molar-refractivity contribution in [3.05, 3.63) is 243 Å². The zero-order valence-corrected chi connectivity index (χ0v) is 35.8. The van der Waals surface area contributed by atoms with E-state index >= 15 is 0 Å². The van der Waals surface area contributed by atoms with Crippen LogP contribution in [0.4, 0.5) is 34.1 Å². The first-order valence-electron chi connectivity index (χ1n) is 22.4. The van der Waals surface area contributed by atoms with Gasteiger partial charge in [0.2, 0.25) is 0 Å². The van der Waals surface area contributed by atoms with Gasteiger partial charge in [-0.2, -0.15) is 0 Å². The molecule has 13 rings (SSSR count). The van der Waals surface area contributed by atoms with Crippen LogP contribution >= 0.6 is 0 Å². The highest BCUT2D eigenvalue weighted by atomic mass is 16.5. The molecule has 1 aliphatic heterocycles. The van der Waals surface area contributed by atoms with Crippen LogP contribution in [0.1, 0.15) is 0 Å². The number of nitrogens with zero attached hydrogens (tertiary/aromatic N) is 2. The number of fused-ring (bicyclic) bond motifs is 7. The average Bonchev–Trinajstić information content (AvgIpc) is 3.76. The molecule has 0 saturated heterocycles. The first kappa shape index (κ1) is 37.7. The zero-order valence-electron chi connectivity index (χ0n) is 35.8. The first-order valence-corrected chi connectivity index (χ1v) is 22.4. The second kappa shape index (κ2) is 15.4. The smallest absolute Gasteiger partial charge is 0.137 e. The summed E-state index contributed by atoms with van der Waals surface area (Å²) >= 11 is 0. The molecular weight excluding hydrogens is 805 g/mol. The SMILES string of the molecule is c1ccc(-c2ccccc2N(c2ccccc2)c2ccc(-c3ccc4cc5c6c(cccc6c4c3)Oc3cc(N(c4ccccc4)c4ccc6oc7ccccc7c6c4)ccc3-5)cc2)cc1. The Morgan fingerprint density at radius 2 is 0.909 bits per heavy atom. The van der Waals surface area contributed by atoms with Crippen LogP contribution in [0.2, 0.25) is 0 Å². The molecule has 0 atom stereocenters. The van der Waals surface area contributed by atoms with Crippen LogP contribution in [0, 0.1) is 0 Å². The number of hydrogen-bond acceptors (Lipinski definition) is 4. The second-order valence-electron chi connectivity index (χ2n) is 16.9. The van der Waals surface area contributed by atoms with Gasteiger partial charge in [-0.05, 0) is 135 Å². The lowest BCUT2D eigenvalue weighted by Gasteiger charge is -2.28. The van der Waals surface area contributed by atoms with Crippen LogP contribution < -0.4 is 14.5 Å². The minimum atomic E-state index is 0.829. The Balaban J connectivity index is 0.874. The fourth-order valence-corrected chi connectivity index (χ4v) is 9.94. The van der Waals surface area contributed by atoms with E-state index in [1.165, 1.54) is 32.8 Å². The van der Waals surface area contributed by atoms with Crippen molar-refractivity contribution in [3.63, 3.8) is 0 Å². The molecule has 11 aromatic carbocycles. The van der Waals surface area contributed by atoms with E-state index in [2.05, 4.69) is 240 Å². The van der Waals surface area contributed by atoms with E-state index in [1.54, 1.807) is 0 Å². The maximum atomic E-state index is 6.89. The molecule has 66 heavy (non-hydrogen) atoms. The normalized spacial score (nSPS) is 11.8. The molecule has 0 radical (unpaired) electrons. The highest BCUT2D eigenvalue weighted by molar-refractivity contribution is 6.18. The Morgan fingerprint density at radius 1 is 0.288 bits per heavy atom. The van der Waals surface area contributed by atoms with Crippen LogP contribution in [0.3, 0.4) is 0 Å². The van der Waals surface area contributed by atoms with Gasteiger partial charge in [-0.25, -0.2) is 0 Å². The van der Waals surface area contributed by atoms with Crippen molar-refractivity contribution < 1.29 is 9.15 Å². The van der Waals surface area contributed by atoms with Gasteiger partial charge in [0.15, 0.2) is 0 Å². The highest BCUT2D eigenvalue weighted by Gasteiger charge is 2.25. The highest BCUT2D eigenvalue weighted by Crippen LogP contribution is 2.51. The van der Waals surface area contributed by atoms with E-state index in [0.717, 1.165) is 89.6 Å². The van der Waals surface area contributed by atoms with Gasteiger partial charge in [0.1, 0.15) is 22.7 Å². The lowest BCUT2D eigenvalue weighted by atomic mass is 9.89. The molecule has 0 aliphatic carbocycles. The zero-order chi connectivity index (χ0) is 43.6. The lowest BCUT2D eigenvalue weighted by Crippen LogP contribution is -2.11. The number of benzene rings is 11. The third-order valence-electron chi connectivity index (χ3n) is 13.0. The molecule has 0 fully saturated rings. The van der Waals surface area contributed by atoms with Gasteiger partial charge in [-0.15, -0.1) is 0 Å². The van der Waals surface area contributed by atoms with E-state index < -0.39 is 0 Å². The molecular formula is C62H40N2O2. The molecule has 0 saturated carbocycles. The standard InChI is InChI=1S/C62H40N2O2/c1-4-15-42(16-5-1)50-21-10-12-24-57(50)64(46-19-8-3-9-20-46)47-31-29-41(30-32-47)43-27-28-44-38-56-52-35-33-49(40-61(52)66-60-26-14-23-53(62(56)60)54(44)37-43)63(45-17-6-2-7-18-45)48-34-36-59-55(39-48)51-22-11-13-25-58(51)65-59/h1-40H. The van der Waals surface area contributed by atoms with Gasteiger partial charge in [0, 0.05) is 61.8 Å². The predicted octanol–water partition coefficient (Wildman–Crippen LogP) is 17.9. The van der Waals surface area contributed by atoms with Crippen molar-refractivity contribution in [2.24, 2.45) is 0 Å². The lowest BCUT2D eigenvalue weighted by molar-refractivity contribution is 0.487. The molecule has 4 heteroatoms. The summed E-state index contributed by atoms with van der Waals surface area (Å²) < 4.78 is 13.1. The molecule has 0 amide bonds. The monoisotopic (exact) mass is 844 g/mol. The van der Waals surface area contributed by atoms with Crippen molar-refractivity contribution >= 4 is 77.6 Å². The van der Waals surface area contributed by atoms with Crippen molar-refractivity contribution in [1.82, 2.24) is 0 Å². The second-order valence-corrected chi connectivity index (χ2v) is 16.9. The minimum Gasteiger partial charge on any atom is -0.456 e. The topological polar surface area (TPSA) is 28.9 Å². The largest absolute Gasteiger partial charge is 0.456 e. The van der Waals surface area contributed by atoms with Crippen molar-refractivity contribution in [3.8, 4) is 44.9 Å². The van der Waals surface area contributed by atoms with Gasteiger partial charge in [-0.1, -0.05) is 140 Å². The van der Waals surface area contributed by atoms with E-state index in [9.17, 15) is 0 Å². The molecule has 0 spiro atoms. The van der Waals surface area contributed by atoms with Gasteiger partial charge >= 0.3 is 0 Å². The number of furan rings is 1. The third kappa shape index (κ3) is 6.30.